The monoisotopic (exact) mass is 247 g/mol. The largest absolute Gasteiger partial charge is 0.493 e. The normalized spacial score (nSPS) is 13.5. The summed E-state index contributed by atoms with van der Waals surface area (Å²) in [6.45, 7) is 4.26. The van der Waals surface area contributed by atoms with Crippen LogP contribution in [-0.2, 0) is 0 Å². The summed E-state index contributed by atoms with van der Waals surface area (Å²) in [5.74, 6) is 1.63. The molecule has 0 amide bonds. The Balaban J connectivity index is 3.04. The maximum atomic E-state index is 9.34. The van der Waals surface area contributed by atoms with Crippen LogP contribution in [0.2, 0.25) is 0 Å². The van der Waals surface area contributed by atoms with Gasteiger partial charge in [0.15, 0.2) is 11.5 Å². The molecular formula is C15H21NO2. The molecule has 0 bridgehead atoms. The molecule has 0 heterocycles. The SMILES string of the molecule is CCCC(C)C(C#N)c1ccc(OC)c(OC)c1. The van der Waals surface area contributed by atoms with E-state index in [-0.39, 0.29) is 5.92 Å². The fraction of sp³-hybridized carbons (Fsp3) is 0.533. The third-order valence-corrected chi connectivity index (χ3v) is 3.22. The van der Waals surface area contributed by atoms with E-state index in [0.717, 1.165) is 18.4 Å². The lowest BCUT2D eigenvalue weighted by molar-refractivity contribution is 0.354. The van der Waals surface area contributed by atoms with Crippen molar-refractivity contribution < 1.29 is 9.47 Å². The predicted molar refractivity (Wildman–Crippen MR) is 72.0 cm³/mol. The summed E-state index contributed by atoms with van der Waals surface area (Å²) in [7, 11) is 3.22. The van der Waals surface area contributed by atoms with E-state index in [9.17, 15) is 5.26 Å². The van der Waals surface area contributed by atoms with E-state index >= 15 is 0 Å². The number of hydrogen-bond donors (Lipinski definition) is 0. The average molecular weight is 247 g/mol. The van der Waals surface area contributed by atoms with Gasteiger partial charge in [0.1, 0.15) is 0 Å². The molecule has 0 aromatic heterocycles. The van der Waals surface area contributed by atoms with Crippen molar-refractivity contribution in [2.45, 2.75) is 32.6 Å². The van der Waals surface area contributed by atoms with Gasteiger partial charge >= 0.3 is 0 Å². The number of benzene rings is 1. The Morgan fingerprint density at radius 1 is 1.22 bits per heavy atom. The maximum absolute atomic E-state index is 9.34. The lowest BCUT2D eigenvalue weighted by Gasteiger charge is -2.18. The fourth-order valence-corrected chi connectivity index (χ4v) is 2.20. The van der Waals surface area contributed by atoms with Gasteiger partial charge in [-0.1, -0.05) is 26.3 Å². The van der Waals surface area contributed by atoms with Crippen LogP contribution in [0.1, 0.15) is 38.2 Å². The van der Waals surface area contributed by atoms with Crippen LogP contribution >= 0.6 is 0 Å². The van der Waals surface area contributed by atoms with Crippen molar-refractivity contribution in [2.24, 2.45) is 5.92 Å². The number of nitriles is 1. The van der Waals surface area contributed by atoms with Gasteiger partial charge in [-0.05, 0) is 30.0 Å². The van der Waals surface area contributed by atoms with E-state index in [4.69, 9.17) is 9.47 Å². The third-order valence-electron chi connectivity index (χ3n) is 3.22. The van der Waals surface area contributed by atoms with Crippen LogP contribution in [0.5, 0.6) is 11.5 Å². The van der Waals surface area contributed by atoms with E-state index in [0.29, 0.717) is 17.4 Å². The standard InChI is InChI=1S/C15H21NO2/c1-5-6-11(2)13(10-16)12-7-8-14(17-3)15(9-12)18-4/h7-9,11,13H,5-6H2,1-4H3. The van der Waals surface area contributed by atoms with Gasteiger partial charge < -0.3 is 9.47 Å². The molecule has 0 saturated heterocycles. The first kappa shape index (κ1) is 14.4. The van der Waals surface area contributed by atoms with Crippen LogP contribution in [0.4, 0.5) is 0 Å². The summed E-state index contributed by atoms with van der Waals surface area (Å²) >= 11 is 0. The molecule has 0 aliphatic rings. The van der Waals surface area contributed by atoms with Gasteiger partial charge in [0.05, 0.1) is 26.2 Å². The van der Waals surface area contributed by atoms with Crippen molar-refractivity contribution >= 4 is 0 Å². The molecule has 1 aromatic carbocycles. The molecule has 0 radical (unpaired) electrons. The van der Waals surface area contributed by atoms with Crippen LogP contribution in [0.15, 0.2) is 18.2 Å². The van der Waals surface area contributed by atoms with Crippen molar-refractivity contribution in [1.29, 1.82) is 5.26 Å². The van der Waals surface area contributed by atoms with Gasteiger partial charge in [-0.15, -0.1) is 0 Å². The Morgan fingerprint density at radius 3 is 2.39 bits per heavy atom. The lowest BCUT2D eigenvalue weighted by Crippen LogP contribution is -2.08. The quantitative estimate of drug-likeness (QED) is 0.768. The molecule has 2 atom stereocenters. The third kappa shape index (κ3) is 3.16. The fourth-order valence-electron chi connectivity index (χ4n) is 2.20. The molecule has 3 nitrogen and oxygen atoms in total. The first-order valence-electron chi connectivity index (χ1n) is 6.29. The Bertz CT molecular complexity index is 423. The van der Waals surface area contributed by atoms with Gasteiger partial charge in [0.2, 0.25) is 0 Å². The lowest BCUT2D eigenvalue weighted by atomic mass is 9.85. The molecule has 0 saturated carbocycles. The Hall–Kier alpha value is -1.69. The van der Waals surface area contributed by atoms with E-state index in [2.05, 4.69) is 19.9 Å². The summed E-state index contributed by atoms with van der Waals surface area (Å²) in [6, 6.07) is 8.10. The van der Waals surface area contributed by atoms with Crippen molar-refractivity contribution in [2.75, 3.05) is 14.2 Å². The van der Waals surface area contributed by atoms with Crippen molar-refractivity contribution in [3.8, 4) is 17.6 Å². The molecule has 0 aliphatic heterocycles. The topological polar surface area (TPSA) is 42.2 Å². The molecule has 1 aromatic rings. The van der Waals surface area contributed by atoms with Gasteiger partial charge in [0.25, 0.3) is 0 Å². The van der Waals surface area contributed by atoms with Crippen molar-refractivity contribution in [3.05, 3.63) is 23.8 Å². The van der Waals surface area contributed by atoms with Crippen molar-refractivity contribution in [1.82, 2.24) is 0 Å². The first-order chi connectivity index (χ1) is 8.67. The van der Waals surface area contributed by atoms with Crippen LogP contribution < -0.4 is 9.47 Å². The number of rotatable bonds is 6. The van der Waals surface area contributed by atoms with Gasteiger partial charge in [-0.25, -0.2) is 0 Å². The minimum atomic E-state index is -0.0928. The average Bonchev–Trinajstić information content (AvgIpc) is 2.39. The zero-order valence-corrected chi connectivity index (χ0v) is 11.6. The number of nitrogens with zero attached hydrogens (tertiary/aromatic N) is 1. The van der Waals surface area contributed by atoms with E-state index in [1.807, 2.05) is 18.2 Å². The smallest absolute Gasteiger partial charge is 0.161 e. The summed E-state index contributed by atoms with van der Waals surface area (Å²) in [5, 5.41) is 9.34. The first-order valence-corrected chi connectivity index (χ1v) is 6.29. The molecule has 0 N–H and O–H groups in total. The van der Waals surface area contributed by atoms with Crippen LogP contribution in [0.3, 0.4) is 0 Å². The summed E-state index contributed by atoms with van der Waals surface area (Å²) in [4.78, 5) is 0. The summed E-state index contributed by atoms with van der Waals surface area (Å²) < 4.78 is 10.5. The minimum Gasteiger partial charge on any atom is -0.493 e. The molecule has 18 heavy (non-hydrogen) atoms. The van der Waals surface area contributed by atoms with E-state index in [1.54, 1.807) is 14.2 Å². The predicted octanol–water partition coefficient (Wildman–Crippen LogP) is 3.75. The van der Waals surface area contributed by atoms with Gasteiger partial charge in [-0.2, -0.15) is 5.26 Å². The highest BCUT2D eigenvalue weighted by atomic mass is 16.5. The molecule has 0 spiro atoms. The Labute approximate surface area is 109 Å². The van der Waals surface area contributed by atoms with Crippen molar-refractivity contribution in [3.63, 3.8) is 0 Å². The summed E-state index contributed by atoms with van der Waals surface area (Å²) in [6.07, 6.45) is 2.14. The zero-order valence-electron chi connectivity index (χ0n) is 11.6. The zero-order chi connectivity index (χ0) is 13.5. The van der Waals surface area contributed by atoms with E-state index in [1.165, 1.54) is 0 Å². The molecule has 2 unspecified atom stereocenters. The molecule has 3 heteroatoms. The highest BCUT2D eigenvalue weighted by Gasteiger charge is 2.19. The molecular weight excluding hydrogens is 226 g/mol. The van der Waals surface area contributed by atoms with Crippen LogP contribution in [0, 0.1) is 17.2 Å². The Kier molecular flexibility index (Phi) is 5.51. The van der Waals surface area contributed by atoms with E-state index < -0.39 is 0 Å². The highest BCUT2D eigenvalue weighted by molar-refractivity contribution is 5.45. The van der Waals surface area contributed by atoms with Gasteiger partial charge in [0, 0.05) is 0 Å². The second kappa shape index (κ2) is 6.90. The Morgan fingerprint density at radius 2 is 1.89 bits per heavy atom. The highest BCUT2D eigenvalue weighted by Crippen LogP contribution is 2.34. The van der Waals surface area contributed by atoms with Crippen LogP contribution in [0.25, 0.3) is 0 Å². The molecule has 1 rings (SSSR count). The number of ether oxygens (including phenoxy) is 2. The van der Waals surface area contributed by atoms with Crippen LogP contribution in [-0.4, -0.2) is 14.2 Å². The second-order valence-electron chi connectivity index (χ2n) is 4.49. The summed E-state index contributed by atoms with van der Waals surface area (Å²) in [5.41, 5.74) is 0.996. The molecule has 98 valence electrons. The number of methoxy groups -OCH3 is 2. The number of hydrogen-bond acceptors (Lipinski definition) is 3. The minimum absolute atomic E-state index is 0.0928. The maximum Gasteiger partial charge on any atom is 0.161 e. The van der Waals surface area contributed by atoms with Gasteiger partial charge in [-0.3, -0.25) is 0 Å². The second-order valence-corrected chi connectivity index (χ2v) is 4.49. The molecule has 0 fully saturated rings. The molecule has 0 aliphatic carbocycles.